The maximum Gasteiger partial charge on any atom is 0.259 e. The Morgan fingerprint density at radius 3 is 2.16 bits per heavy atom. The van der Waals surface area contributed by atoms with E-state index >= 15 is 0 Å². The number of halogens is 1. The Morgan fingerprint density at radius 1 is 0.871 bits per heavy atom. The normalized spacial score (nSPS) is 10.3. The molecule has 0 aliphatic carbocycles. The van der Waals surface area contributed by atoms with Crippen molar-refractivity contribution in [3.8, 4) is 0 Å². The van der Waals surface area contributed by atoms with Gasteiger partial charge in [0.2, 0.25) is 11.8 Å². The summed E-state index contributed by atoms with van der Waals surface area (Å²) >= 11 is 1.17. The highest BCUT2D eigenvalue weighted by Gasteiger charge is 2.12. The molecule has 1 heterocycles. The molecule has 0 fully saturated rings. The van der Waals surface area contributed by atoms with Crippen LogP contribution in [0.25, 0.3) is 0 Å². The van der Waals surface area contributed by atoms with Crippen LogP contribution in [0.3, 0.4) is 0 Å². The van der Waals surface area contributed by atoms with E-state index in [-0.39, 0.29) is 28.9 Å². The molecule has 3 N–H and O–H groups in total. The first kappa shape index (κ1) is 21.9. The van der Waals surface area contributed by atoms with Crippen LogP contribution in [-0.2, 0) is 9.59 Å². The van der Waals surface area contributed by atoms with Crippen molar-refractivity contribution in [2.45, 2.75) is 11.9 Å². The summed E-state index contributed by atoms with van der Waals surface area (Å²) in [6.45, 7) is 1.42. The lowest BCUT2D eigenvalue weighted by Gasteiger charge is -2.07. The quantitative estimate of drug-likeness (QED) is 0.485. The van der Waals surface area contributed by atoms with Gasteiger partial charge in [0.25, 0.3) is 5.91 Å². The van der Waals surface area contributed by atoms with Crippen LogP contribution < -0.4 is 16.0 Å². The van der Waals surface area contributed by atoms with Crippen LogP contribution in [0.4, 0.5) is 21.6 Å². The van der Waals surface area contributed by atoms with Crippen molar-refractivity contribution >= 4 is 46.7 Å². The van der Waals surface area contributed by atoms with Gasteiger partial charge in [0.1, 0.15) is 10.8 Å². The number of amides is 3. The molecule has 0 saturated carbocycles. The summed E-state index contributed by atoms with van der Waals surface area (Å²) in [5.74, 6) is -1.40. The van der Waals surface area contributed by atoms with E-state index in [0.29, 0.717) is 16.4 Å². The molecular weight excluding hydrogens is 421 g/mol. The van der Waals surface area contributed by atoms with E-state index in [1.807, 2.05) is 0 Å². The molecule has 3 aromatic rings. The number of rotatable bonds is 7. The summed E-state index contributed by atoms with van der Waals surface area (Å²) in [6.07, 6.45) is 0. The Hall–Kier alpha value is -3.79. The summed E-state index contributed by atoms with van der Waals surface area (Å²) in [7, 11) is 0. The lowest BCUT2D eigenvalue weighted by Crippen LogP contribution is -2.15. The number of thioether (sulfide) groups is 1. The van der Waals surface area contributed by atoms with Gasteiger partial charge in [0, 0.05) is 18.3 Å². The van der Waals surface area contributed by atoms with E-state index in [1.165, 1.54) is 43.0 Å². The largest absolute Gasteiger partial charge is 0.326 e. The van der Waals surface area contributed by atoms with Gasteiger partial charge in [0.05, 0.1) is 11.3 Å². The highest BCUT2D eigenvalue weighted by atomic mass is 32.2. The van der Waals surface area contributed by atoms with Gasteiger partial charge < -0.3 is 16.0 Å². The predicted octanol–water partition coefficient (Wildman–Crippen LogP) is 3.56. The van der Waals surface area contributed by atoms with E-state index in [2.05, 4.69) is 26.1 Å². The van der Waals surface area contributed by atoms with E-state index in [1.54, 1.807) is 36.4 Å². The van der Waals surface area contributed by atoms with Gasteiger partial charge in [0.15, 0.2) is 5.82 Å². The number of benzene rings is 2. The molecular formula is C21H18FN5O3S. The molecule has 0 atom stereocenters. The average Bonchev–Trinajstić information content (AvgIpc) is 2.74. The lowest BCUT2D eigenvalue weighted by atomic mass is 10.2. The molecule has 3 amide bonds. The Bertz CT molecular complexity index is 1090. The minimum absolute atomic E-state index is 0.0930. The molecule has 158 valence electrons. The number of carbonyl (C=O) groups excluding carboxylic acids is 3. The molecule has 1 aromatic heterocycles. The van der Waals surface area contributed by atoms with Crippen molar-refractivity contribution < 1.29 is 18.8 Å². The molecule has 0 aliphatic heterocycles. The van der Waals surface area contributed by atoms with Crippen molar-refractivity contribution in [3.63, 3.8) is 0 Å². The highest BCUT2D eigenvalue weighted by Crippen LogP contribution is 2.18. The predicted molar refractivity (Wildman–Crippen MR) is 116 cm³/mol. The molecule has 0 unspecified atom stereocenters. The first-order valence-corrected chi connectivity index (χ1v) is 10.1. The van der Waals surface area contributed by atoms with Gasteiger partial charge in [-0.1, -0.05) is 23.9 Å². The van der Waals surface area contributed by atoms with Crippen LogP contribution in [0, 0.1) is 5.82 Å². The third-order valence-electron chi connectivity index (χ3n) is 3.84. The second kappa shape index (κ2) is 10.3. The Morgan fingerprint density at radius 2 is 1.55 bits per heavy atom. The standard InChI is InChI=1S/C21H18FN5O3S/c1-13(28)23-14-6-8-15(9-7-14)24-19(29)12-31-20-11-10-18(26-27-20)25-21(30)16-4-2-3-5-17(16)22/h2-11H,12H2,1H3,(H,23,28)(H,24,29)(H,25,26,30). The zero-order valence-corrected chi connectivity index (χ0v) is 17.2. The lowest BCUT2D eigenvalue weighted by molar-refractivity contribution is -0.114. The van der Waals surface area contributed by atoms with E-state index in [4.69, 9.17) is 0 Å². The fraction of sp³-hybridized carbons (Fsp3) is 0.0952. The maximum atomic E-state index is 13.7. The summed E-state index contributed by atoms with van der Waals surface area (Å²) < 4.78 is 13.7. The van der Waals surface area contributed by atoms with Gasteiger partial charge in [-0.25, -0.2) is 4.39 Å². The van der Waals surface area contributed by atoms with Crippen LogP contribution in [0.2, 0.25) is 0 Å². The van der Waals surface area contributed by atoms with Crippen molar-refractivity contribution in [2.75, 3.05) is 21.7 Å². The number of nitrogens with zero attached hydrogens (tertiary/aromatic N) is 2. The SMILES string of the molecule is CC(=O)Nc1ccc(NC(=O)CSc2ccc(NC(=O)c3ccccc3F)nn2)cc1. The molecule has 0 bridgehead atoms. The Balaban J connectivity index is 1.48. The van der Waals surface area contributed by atoms with Crippen LogP contribution in [0.1, 0.15) is 17.3 Å². The molecule has 10 heteroatoms. The van der Waals surface area contributed by atoms with Crippen LogP contribution in [0.15, 0.2) is 65.7 Å². The second-order valence-electron chi connectivity index (χ2n) is 6.29. The van der Waals surface area contributed by atoms with Crippen LogP contribution >= 0.6 is 11.8 Å². The summed E-state index contributed by atoms with van der Waals surface area (Å²) in [6, 6.07) is 15.5. The zero-order chi connectivity index (χ0) is 22.2. The third kappa shape index (κ3) is 6.61. The Kier molecular flexibility index (Phi) is 7.28. The third-order valence-corrected chi connectivity index (χ3v) is 4.76. The fourth-order valence-electron chi connectivity index (χ4n) is 2.47. The molecule has 0 aliphatic rings. The molecule has 2 aromatic carbocycles. The highest BCUT2D eigenvalue weighted by molar-refractivity contribution is 7.99. The fourth-order valence-corrected chi connectivity index (χ4v) is 3.08. The second-order valence-corrected chi connectivity index (χ2v) is 7.28. The van der Waals surface area contributed by atoms with Crippen molar-refractivity contribution in [3.05, 3.63) is 72.0 Å². The number of nitrogens with one attached hydrogen (secondary N) is 3. The van der Waals surface area contributed by atoms with E-state index in [0.717, 1.165) is 0 Å². The Labute approximate surface area is 181 Å². The smallest absolute Gasteiger partial charge is 0.259 e. The summed E-state index contributed by atoms with van der Waals surface area (Å²) in [5, 5.41) is 16.2. The van der Waals surface area contributed by atoms with Gasteiger partial charge in [-0.15, -0.1) is 10.2 Å². The maximum absolute atomic E-state index is 13.7. The van der Waals surface area contributed by atoms with Gasteiger partial charge >= 0.3 is 0 Å². The number of aromatic nitrogens is 2. The minimum Gasteiger partial charge on any atom is -0.326 e. The monoisotopic (exact) mass is 439 g/mol. The first-order valence-electron chi connectivity index (χ1n) is 9.10. The molecule has 0 radical (unpaired) electrons. The van der Waals surface area contributed by atoms with E-state index < -0.39 is 11.7 Å². The number of hydrogen-bond acceptors (Lipinski definition) is 6. The zero-order valence-electron chi connectivity index (χ0n) is 16.4. The van der Waals surface area contributed by atoms with Crippen molar-refractivity contribution in [1.82, 2.24) is 10.2 Å². The van der Waals surface area contributed by atoms with Crippen LogP contribution in [-0.4, -0.2) is 33.7 Å². The number of anilines is 3. The van der Waals surface area contributed by atoms with Gasteiger partial charge in [-0.3, -0.25) is 14.4 Å². The molecule has 0 saturated heterocycles. The first-order chi connectivity index (χ1) is 14.9. The molecule has 0 spiro atoms. The van der Waals surface area contributed by atoms with Gasteiger partial charge in [-0.2, -0.15) is 0 Å². The molecule has 8 nitrogen and oxygen atoms in total. The number of hydrogen-bond donors (Lipinski definition) is 3. The number of carbonyl (C=O) groups is 3. The van der Waals surface area contributed by atoms with Crippen LogP contribution in [0.5, 0.6) is 0 Å². The molecule has 3 rings (SSSR count). The minimum atomic E-state index is -0.629. The summed E-state index contributed by atoms with van der Waals surface area (Å²) in [4.78, 5) is 35.2. The van der Waals surface area contributed by atoms with Gasteiger partial charge in [-0.05, 0) is 48.5 Å². The van der Waals surface area contributed by atoms with Crippen molar-refractivity contribution in [2.24, 2.45) is 0 Å². The average molecular weight is 439 g/mol. The van der Waals surface area contributed by atoms with Crippen molar-refractivity contribution in [1.29, 1.82) is 0 Å². The van der Waals surface area contributed by atoms with E-state index in [9.17, 15) is 18.8 Å². The molecule has 31 heavy (non-hydrogen) atoms. The summed E-state index contributed by atoms with van der Waals surface area (Å²) in [5.41, 5.74) is 1.14. The topological polar surface area (TPSA) is 113 Å².